The summed E-state index contributed by atoms with van der Waals surface area (Å²) in [5, 5.41) is 5.34. The molecule has 0 aromatic heterocycles. The van der Waals surface area contributed by atoms with E-state index in [0.29, 0.717) is 44.7 Å². The van der Waals surface area contributed by atoms with E-state index in [0.717, 1.165) is 43.0 Å². The lowest BCUT2D eigenvalue weighted by atomic mass is 9.93. The fraction of sp³-hybridized carbons (Fsp3) is 0.405. The molecule has 3 aromatic rings. The van der Waals surface area contributed by atoms with E-state index in [1.165, 1.54) is 11.0 Å². The number of benzene rings is 3. The van der Waals surface area contributed by atoms with Crippen LogP contribution in [0, 0.1) is 17.2 Å². The van der Waals surface area contributed by atoms with Gasteiger partial charge in [-0.3, -0.25) is 4.90 Å². The van der Waals surface area contributed by atoms with Crippen molar-refractivity contribution < 1.29 is 37.4 Å². The summed E-state index contributed by atoms with van der Waals surface area (Å²) in [7, 11) is 0. The fourth-order valence-electron chi connectivity index (χ4n) is 6.24. The molecule has 0 unspecified atom stereocenters. The minimum absolute atomic E-state index is 0.0146. The molecule has 5 rings (SSSR count). The number of urea groups is 2. The Labute approximate surface area is 300 Å². The molecule has 1 saturated heterocycles. The van der Waals surface area contributed by atoms with Crippen LogP contribution in [0.1, 0.15) is 68.8 Å². The summed E-state index contributed by atoms with van der Waals surface area (Å²) < 4.78 is 40.0. The molecule has 2 fully saturated rings. The first kappa shape index (κ1) is 37.7. The normalized spacial score (nSPS) is 15.0. The summed E-state index contributed by atoms with van der Waals surface area (Å²) >= 11 is 0. The summed E-state index contributed by atoms with van der Waals surface area (Å²) in [5.74, 6) is -2.81. The number of halogens is 2. The molecule has 1 aliphatic carbocycles. The van der Waals surface area contributed by atoms with Crippen LogP contribution in [-0.2, 0) is 16.1 Å². The van der Waals surface area contributed by atoms with Crippen LogP contribution < -0.4 is 15.1 Å². The number of amides is 5. The van der Waals surface area contributed by atoms with E-state index in [2.05, 4.69) is 5.22 Å². The van der Waals surface area contributed by atoms with Crippen LogP contribution in [0.2, 0.25) is 0 Å². The van der Waals surface area contributed by atoms with Gasteiger partial charge in [0.15, 0.2) is 0 Å². The Balaban J connectivity index is 1.47. The highest BCUT2D eigenvalue weighted by Gasteiger charge is 2.36. The van der Waals surface area contributed by atoms with Crippen molar-refractivity contribution in [2.24, 2.45) is 5.22 Å². The van der Waals surface area contributed by atoms with Gasteiger partial charge in [-0.2, -0.15) is 5.53 Å². The van der Waals surface area contributed by atoms with E-state index < -0.39 is 53.1 Å². The lowest BCUT2D eigenvalue weighted by molar-refractivity contribution is 0.0239. The number of imide groups is 1. The first-order valence-corrected chi connectivity index (χ1v) is 17.2. The maximum Gasteiger partial charge on any atom is 0.410 e. The predicted octanol–water partition coefficient (Wildman–Crippen LogP) is 8.12. The monoisotopic (exact) mass is 719 g/mol. The van der Waals surface area contributed by atoms with E-state index in [4.69, 9.17) is 15.0 Å². The van der Waals surface area contributed by atoms with E-state index in [-0.39, 0.29) is 22.9 Å². The number of hydrogen-bond donors (Lipinski definition) is 2. The second-order valence-corrected chi connectivity index (χ2v) is 13.6. The van der Waals surface area contributed by atoms with Gasteiger partial charge in [0.2, 0.25) is 0 Å². The molecule has 0 atom stereocenters. The molecule has 52 heavy (non-hydrogen) atoms. The van der Waals surface area contributed by atoms with Gasteiger partial charge in [0.05, 0.1) is 11.3 Å². The first-order chi connectivity index (χ1) is 24.9. The van der Waals surface area contributed by atoms with Crippen molar-refractivity contribution in [3.63, 3.8) is 0 Å². The number of piperazine rings is 1. The fourth-order valence-corrected chi connectivity index (χ4v) is 6.24. The molecule has 2 aliphatic rings. The minimum Gasteiger partial charge on any atom is -0.457 e. The smallest absolute Gasteiger partial charge is 0.410 e. The van der Waals surface area contributed by atoms with E-state index >= 15 is 0 Å². The second kappa shape index (κ2) is 16.6. The lowest BCUT2D eigenvalue weighted by Gasteiger charge is -2.38. The van der Waals surface area contributed by atoms with Crippen molar-refractivity contribution in [2.75, 3.05) is 41.3 Å². The second-order valence-electron chi connectivity index (χ2n) is 13.6. The Kier molecular flexibility index (Phi) is 12.0. The van der Waals surface area contributed by atoms with Gasteiger partial charge in [-0.25, -0.2) is 28.0 Å². The lowest BCUT2D eigenvalue weighted by Crippen LogP contribution is -2.51. The standard InChI is InChI=1S/C37H43F2N7O6/c1-37(2,3)52-36(50)44-21-19-43(20-22-44)31-18-17-27(23-28(31)33(47)51-24-25-11-6-4-7-12-25)45(26-13-8-5-9-14-26)35(49)46(42-40)34(48)41-32-29(38)15-10-16-30(32)39/h4,6-7,10-12,15-18,23,26,40H,5,8-9,13-14,19-22,24H2,1-3H3,(H,41,48). The van der Waals surface area contributed by atoms with Gasteiger partial charge in [0.1, 0.15) is 29.5 Å². The average Bonchev–Trinajstić information content (AvgIpc) is 3.13. The highest BCUT2D eigenvalue weighted by molar-refractivity contribution is 6.07. The predicted molar refractivity (Wildman–Crippen MR) is 189 cm³/mol. The number of nitrogens with one attached hydrogen (secondary N) is 2. The first-order valence-electron chi connectivity index (χ1n) is 17.2. The van der Waals surface area contributed by atoms with Crippen LogP contribution in [0.15, 0.2) is 72.0 Å². The number of ether oxygens (including phenoxy) is 2. The molecule has 0 spiro atoms. The molecule has 15 heteroatoms. The van der Waals surface area contributed by atoms with Crippen LogP contribution in [0.5, 0.6) is 0 Å². The van der Waals surface area contributed by atoms with Crippen LogP contribution in [-0.4, -0.2) is 71.9 Å². The minimum atomic E-state index is -1.34. The third-order valence-corrected chi connectivity index (χ3v) is 8.78. The Morgan fingerprint density at radius 3 is 2.17 bits per heavy atom. The van der Waals surface area contributed by atoms with Crippen molar-refractivity contribution in [2.45, 2.75) is 71.1 Å². The van der Waals surface area contributed by atoms with Gasteiger partial charge in [-0.1, -0.05) is 60.9 Å². The Morgan fingerprint density at radius 1 is 0.904 bits per heavy atom. The molecule has 3 aromatic carbocycles. The zero-order valence-electron chi connectivity index (χ0n) is 29.4. The van der Waals surface area contributed by atoms with Gasteiger partial charge in [-0.05, 0) is 69.5 Å². The molecule has 13 nitrogen and oxygen atoms in total. The third-order valence-electron chi connectivity index (χ3n) is 8.78. The number of nitrogens with zero attached hydrogens (tertiary/aromatic N) is 5. The molecule has 276 valence electrons. The summed E-state index contributed by atoms with van der Waals surface area (Å²) in [4.78, 5) is 58.8. The topological polar surface area (TPSA) is 148 Å². The SMILES string of the molecule is CC(C)(C)OC(=O)N1CCN(c2ccc(N(C(=O)N(N=N)C(=O)Nc3c(F)cccc3F)C3CCCCC3)cc2C(=O)OCc2ccccc2)CC1. The van der Waals surface area contributed by atoms with E-state index in [1.54, 1.807) is 37.8 Å². The molecular weight excluding hydrogens is 676 g/mol. The molecule has 1 saturated carbocycles. The number of carbonyl (C=O) groups excluding carboxylic acids is 4. The third kappa shape index (κ3) is 9.19. The largest absolute Gasteiger partial charge is 0.457 e. The van der Waals surface area contributed by atoms with Gasteiger partial charge in [0, 0.05) is 37.9 Å². The van der Waals surface area contributed by atoms with Gasteiger partial charge in [0.25, 0.3) is 0 Å². The number of para-hydroxylation sites is 1. The highest BCUT2D eigenvalue weighted by Crippen LogP contribution is 2.34. The van der Waals surface area contributed by atoms with Crippen LogP contribution >= 0.6 is 0 Å². The molecular formula is C37H43F2N7O6. The van der Waals surface area contributed by atoms with Crippen LogP contribution in [0.4, 0.5) is 40.2 Å². The maximum atomic E-state index is 14.4. The number of carbonyl (C=O) groups is 4. The number of esters is 1. The Bertz CT molecular complexity index is 1750. The van der Waals surface area contributed by atoms with Crippen molar-refractivity contribution >= 4 is 41.2 Å². The molecule has 0 radical (unpaired) electrons. The number of rotatable bonds is 8. The van der Waals surface area contributed by atoms with Gasteiger partial charge >= 0.3 is 24.1 Å². The van der Waals surface area contributed by atoms with Crippen molar-refractivity contribution in [3.05, 3.63) is 89.5 Å². The summed E-state index contributed by atoms with van der Waals surface area (Å²) in [6.45, 7) is 6.79. The van der Waals surface area contributed by atoms with Gasteiger partial charge < -0.3 is 24.6 Å². The number of anilines is 3. The van der Waals surface area contributed by atoms with Crippen molar-refractivity contribution in [1.29, 1.82) is 5.53 Å². The molecule has 2 N–H and O–H groups in total. The summed E-state index contributed by atoms with van der Waals surface area (Å²) in [6, 6.07) is 14.1. The molecule has 0 bridgehead atoms. The molecule has 5 amide bonds. The zero-order valence-corrected chi connectivity index (χ0v) is 29.4. The summed E-state index contributed by atoms with van der Waals surface area (Å²) in [6.07, 6.45) is 3.18. The zero-order chi connectivity index (χ0) is 37.4. The van der Waals surface area contributed by atoms with Crippen molar-refractivity contribution in [3.8, 4) is 0 Å². The average molecular weight is 720 g/mol. The highest BCUT2D eigenvalue weighted by atomic mass is 19.1. The molecule has 1 heterocycles. The Hall–Kier alpha value is -5.60. The van der Waals surface area contributed by atoms with Crippen LogP contribution in [0.25, 0.3) is 0 Å². The summed E-state index contributed by atoms with van der Waals surface area (Å²) in [5.41, 5.74) is 7.91. The van der Waals surface area contributed by atoms with E-state index in [1.807, 2.05) is 40.5 Å². The van der Waals surface area contributed by atoms with Crippen molar-refractivity contribution in [1.82, 2.24) is 9.91 Å². The quantitative estimate of drug-likeness (QED) is 0.136. The maximum absolute atomic E-state index is 14.4. The van der Waals surface area contributed by atoms with Gasteiger partial charge in [-0.15, -0.1) is 5.01 Å². The van der Waals surface area contributed by atoms with E-state index in [9.17, 15) is 28.0 Å². The number of hydrogen-bond acceptors (Lipinski definition) is 9. The Morgan fingerprint density at radius 2 is 1.56 bits per heavy atom. The molecule has 1 aliphatic heterocycles. The van der Waals surface area contributed by atoms with Crippen LogP contribution in [0.3, 0.4) is 0 Å².